The average molecular weight is 202 g/mol. The van der Waals surface area contributed by atoms with Crippen LogP contribution in [0.25, 0.3) is 0 Å². The standard InChI is InChI=1S/C10H22N2O2/c1-13-9-7-12(6-4-3-5-11)8-10(9)14-2/h9-10H,3-8,11H2,1-2H3. The van der Waals surface area contributed by atoms with Gasteiger partial charge in [-0.05, 0) is 25.9 Å². The van der Waals surface area contributed by atoms with Crippen molar-refractivity contribution in [3.05, 3.63) is 0 Å². The van der Waals surface area contributed by atoms with Crippen LogP contribution in [-0.4, -0.2) is 57.5 Å². The van der Waals surface area contributed by atoms with Crippen LogP contribution in [0.15, 0.2) is 0 Å². The number of methoxy groups -OCH3 is 2. The molecule has 2 unspecified atom stereocenters. The first-order valence-corrected chi connectivity index (χ1v) is 5.29. The topological polar surface area (TPSA) is 47.7 Å². The lowest BCUT2D eigenvalue weighted by Crippen LogP contribution is -2.27. The zero-order valence-corrected chi connectivity index (χ0v) is 9.24. The predicted octanol–water partition coefficient (Wildman–Crippen LogP) is 0.0709. The molecular weight excluding hydrogens is 180 g/mol. The van der Waals surface area contributed by atoms with E-state index in [0.29, 0.717) is 0 Å². The summed E-state index contributed by atoms with van der Waals surface area (Å²) in [5.74, 6) is 0. The Labute approximate surface area is 86.3 Å². The van der Waals surface area contributed by atoms with Gasteiger partial charge in [-0.2, -0.15) is 0 Å². The number of ether oxygens (including phenoxy) is 2. The molecule has 2 N–H and O–H groups in total. The molecule has 84 valence electrons. The van der Waals surface area contributed by atoms with Gasteiger partial charge in [-0.1, -0.05) is 0 Å². The molecule has 0 aromatic carbocycles. The molecule has 0 bridgehead atoms. The van der Waals surface area contributed by atoms with E-state index in [-0.39, 0.29) is 12.2 Å². The quantitative estimate of drug-likeness (QED) is 0.619. The molecule has 0 amide bonds. The maximum Gasteiger partial charge on any atom is 0.0971 e. The Morgan fingerprint density at radius 2 is 1.71 bits per heavy atom. The first-order valence-electron chi connectivity index (χ1n) is 5.29. The molecule has 1 heterocycles. The second-order valence-corrected chi connectivity index (χ2v) is 3.80. The lowest BCUT2D eigenvalue weighted by Gasteiger charge is -2.14. The van der Waals surface area contributed by atoms with Gasteiger partial charge in [0.1, 0.15) is 0 Å². The summed E-state index contributed by atoms with van der Waals surface area (Å²) >= 11 is 0. The van der Waals surface area contributed by atoms with E-state index in [4.69, 9.17) is 15.2 Å². The van der Waals surface area contributed by atoms with Crippen molar-refractivity contribution in [1.82, 2.24) is 4.90 Å². The Balaban J connectivity index is 2.23. The fourth-order valence-electron chi connectivity index (χ4n) is 1.93. The molecule has 0 saturated carbocycles. The maximum absolute atomic E-state index is 5.45. The highest BCUT2D eigenvalue weighted by Crippen LogP contribution is 2.15. The van der Waals surface area contributed by atoms with E-state index >= 15 is 0 Å². The number of hydrogen-bond acceptors (Lipinski definition) is 4. The van der Waals surface area contributed by atoms with Crippen molar-refractivity contribution in [3.8, 4) is 0 Å². The van der Waals surface area contributed by atoms with E-state index in [0.717, 1.165) is 32.6 Å². The molecule has 1 saturated heterocycles. The summed E-state index contributed by atoms with van der Waals surface area (Å²) < 4.78 is 10.7. The molecular formula is C10H22N2O2. The monoisotopic (exact) mass is 202 g/mol. The van der Waals surface area contributed by atoms with Crippen molar-refractivity contribution in [1.29, 1.82) is 0 Å². The van der Waals surface area contributed by atoms with E-state index in [1.807, 2.05) is 0 Å². The molecule has 2 atom stereocenters. The zero-order valence-electron chi connectivity index (χ0n) is 9.24. The van der Waals surface area contributed by atoms with Gasteiger partial charge in [0.05, 0.1) is 12.2 Å². The molecule has 4 heteroatoms. The van der Waals surface area contributed by atoms with Crippen molar-refractivity contribution in [2.24, 2.45) is 5.73 Å². The molecule has 1 fully saturated rings. The molecule has 1 aliphatic heterocycles. The number of hydrogen-bond donors (Lipinski definition) is 1. The smallest absolute Gasteiger partial charge is 0.0971 e. The van der Waals surface area contributed by atoms with Crippen LogP contribution in [0.1, 0.15) is 12.8 Å². The van der Waals surface area contributed by atoms with Crippen LogP contribution in [0.2, 0.25) is 0 Å². The van der Waals surface area contributed by atoms with Gasteiger partial charge >= 0.3 is 0 Å². The van der Waals surface area contributed by atoms with Crippen LogP contribution >= 0.6 is 0 Å². The molecule has 1 rings (SSSR count). The van der Waals surface area contributed by atoms with E-state index in [2.05, 4.69) is 4.90 Å². The van der Waals surface area contributed by atoms with Gasteiger partial charge in [0.15, 0.2) is 0 Å². The fourth-order valence-corrected chi connectivity index (χ4v) is 1.93. The first-order chi connectivity index (χ1) is 6.81. The zero-order chi connectivity index (χ0) is 10.4. The minimum absolute atomic E-state index is 0.234. The van der Waals surface area contributed by atoms with E-state index in [1.165, 1.54) is 6.42 Å². The molecule has 14 heavy (non-hydrogen) atoms. The third-order valence-electron chi connectivity index (χ3n) is 2.82. The van der Waals surface area contributed by atoms with Crippen molar-refractivity contribution >= 4 is 0 Å². The minimum Gasteiger partial charge on any atom is -0.377 e. The van der Waals surface area contributed by atoms with E-state index < -0.39 is 0 Å². The van der Waals surface area contributed by atoms with Gasteiger partial charge in [0.25, 0.3) is 0 Å². The summed E-state index contributed by atoms with van der Waals surface area (Å²) in [7, 11) is 3.50. The van der Waals surface area contributed by atoms with Gasteiger partial charge in [-0.15, -0.1) is 0 Å². The van der Waals surface area contributed by atoms with Crippen LogP contribution in [0, 0.1) is 0 Å². The van der Waals surface area contributed by atoms with Gasteiger partial charge in [-0.3, -0.25) is 4.90 Å². The van der Waals surface area contributed by atoms with Crippen molar-refractivity contribution in [2.45, 2.75) is 25.0 Å². The lowest BCUT2D eigenvalue weighted by atomic mass is 10.3. The molecule has 0 aromatic rings. The first kappa shape index (κ1) is 11.9. The minimum atomic E-state index is 0.234. The summed E-state index contributed by atoms with van der Waals surface area (Å²) in [6.45, 7) is 3.87. The van der Waals surface area contributed by atoms with Crippen molar-refractivity contribution in [3.63, 3.8) is 0 Å². The number of rotatable bonds is 6. The molecule has 0 radical (unpaired) electrons. The van der Waals surface area contributed by atoms with Crippen LogP contribution in [-0.2, 0) is 9.47 Å². The van der Waals surface area contributed by atoms with Gasteiger partial charge < -0.3 is 15.2 Å². The molecule has 0 aliphatic carbocycles. The van der Waals surface area contributed by atoms with Crippen molar-refractivity contribution < 1.29 is 9.47 Å². The predicted molar refractivity (Wildman–Crippen MR) is 56.3 cm³/mol. The lowest BCUT2D eigenvalue weighted by molar-refractivity contribution is -0.00461. The molecule has 4 nitrogen and oxygen atoms in total. The Morgan fingerprint density at radius 1 is 1.14 bits per heavy atom. The summed E-state index contributed by atoms with van der Waals surface area (Å²) in [5, 5.41) is 0. The van der Waals surface area contributed by atoms with Crippen LogP contribution in [0.5, 0.6) is 0 Å². The fraction of sp³-hybridized carbons (Fsp3) is 1.00. The summed E-state index contributed by atoms with van der Waals surface area (Å²) in [4.78, 5) is 2.39. The maximum atomic E-state index is 5.45. The Bertz CT molecular complexity index is 143. The Morgan fingerprint density at radius 3 is 2.14 bits per heavy atom. The summed E-state index contributed by atoms with van der Waals surface area (Å²) in [5.41, 5.74) is 5.45. The number of likely N-dealkylation sites (tertiary alicyclic amines) is 1. The average Bonchev–Trinajstić information content (AvgIpc) is 2.61. The Kier molecular flexibility index (Phi) is 5.40. The summed E-state index contributed by atoms with van der Waals surface area (Å²) in [6, 6.07) is 0. The van der Waals surface area contributed by atoms with Crippen LogP contribution < -0.4 is 5.73 Å². The molecule has 1 aliphatic rings. The molecule has 0 spiro atoms. The highest BCUT2D eigenvalue weighted by atomic mass is 16.5. The van der Waals surface area contributed by atoms with Gasteiger partial charge in [-0.25, -0.2) is 0 Å². The van der Waals surface area contributed by atoms with E-state index in [9.17, 15) is 0 Å². The molecule has 0 aromatic heterocycles. The Hall–Kier alpha value is -0.160. The van der Waals surface area contributed by atoms with Crippen molar-refractivity contribution in [2.75, 3.05) is 40.4 Å². The number of unbranched alkanes of at least 4 members (excludes halogenated alkanes) is 1. The second kappa shape index (κ2) is 6.35. The van der Waals surface area contributed by atoms with Gasteiger partial charge in [0.2, 0.25) is 0 Å². The SMILES string of the molecule is COC1CN(CCCCN)CC1OC. The third kappa shape index (κ3) is 3.20. The van der Waals surface area contributed by atoms with Crippen LogP contribution in [0.3, 0.4) is 0 Å². The third-order valence-corrected chi connectivity index (χ3v) is 2.82. The summed E-state index contributed by atoms with van der Waals surface area (Å²) in [6.07, 6.45) is 2.74. The van der Waals surface area contributed by atoms with Gasteiger partial charge in [0, 0.05) is 27.3 Å². The highest BCUT2D eigenvalue weighted by molar-refractivity contribution is 4.85. The number of nitrogens with two attached hydrogens (primary N) is 1. The van der Waals surface area contributed by atoms with E-state index in [1.54, 1.807) is 14.2 Å². The highest BCUT2D eigenvalue weighted by Gasteiger charge is 2.32. The largest absolute Gasteiger partial charge is 0.377 e. The second-order valence-electron chi connectivity index (χ2n) is 3.80. The van der Waals surface area contributed by atoms with Crippen LogP contribution in [0.4, 0.5) is 0 Å². The normalized spacial score (nSPS) is 28.5. The number of nitrogens with zero attached hydrogens (tertiary/aromatic N) is 1.